The maximum atomic E-state index is 12.2. The van der Waals surface area contributed by atoms with E-state index >= 15 is 0 Å². The first kappa shape index (κ1) is 21.0. The number of piperidine rings is 1. The predicted molar refractivity (Wildman–Crippen MR) is 100 cm³/mol. The van der Waals surface area contributed by atoms with Crippen LogP contribution >= 0.6 is 0 Å². The lowest BCUT2D eigenvalue weighted by Crippen LogP contribution is -2.60. The highest BCUT2D eigenvalue weighted by Gasteiger charge is 2.38. The summed E-state index contributed by atoms with van der Waals surface area (Å²) >= 11 is 0. The summed E-state index contributed by atoms with van der Waals surface area (Å²) in [5.41, 5.74) is -0.322. The maximum absolute atomic E-state index is 12.2. The van der Waals surface area contributed by atoms with Crippen molar-refractivity contribution in [2.24, 2.45) is 0 Å². The summed E-state index contributed by atoms with van der Waals surface area (Å²) in [5, 5.41) is 0. The fourth-order valence-electron chi connectivity index (χ4n) is 3.65. The highest BCUT2D eigenvalue weighted by Crippen LogP contribution is 2.29. The van der Waals surface area contributed by atoms with Crippen LogP contribution < -0.4 is 0 Å². The number of amides is 1. The van der Waals surface area contributed by atoms with Crippen LogP contribution in [0.4, 0.5) is 4.79 Å². The van der Waals surface area contributed by atoms with Gasteiger partial charge in [-0.3, -0.25) is 14.6 Å². The van der Waals surface area contributed by atoms with Crippen LogP contribution in [-0.4, -0.2) is 90.3 Å². The smallest absolute Gasteiger partial charge is 0.410 e. The summed E-state index contributed by atoms with van der Waals surface area (Å²) in [6.07, 6.45) is 1.84. The van der Waals surface area contributed by atoms with Gasteiger partial charge in [0.25, 0.3) is 0 Å². The summed E-state index contributed by atoms with van der Waals surface area (Å²) in [6.45, 7) is 15.6. The Kier molecular flexibility index (Phi) is 6.91. The molecule has 0 aliphatic carbocycles. The molecule has 0 unspecified atom stereocenters. The molecule has 2 fully saturated rings. The highest BCUT2D eigenvalue weighted by molar-refractivity contribution is 5.71. The molecule has 0 radical (unpaired) electrons. The summed E-state index contributed by atoms with van der Waals surface area (Å²) in [4.78, 5) is 30.3. The molecule has 150 valence electrons. The lowest BCUT2D eigenvalue weighted by atomic mass is 9.87. The third-order valence-corrected chi connectivity index (χ3v) is 5.29. The molecule has 2 aliphatic rings. The number of piperazine rings is 1. The summed E-state index contributed by atoms with van der Waals surface area (Å²) < 4.78 is 10.5. The predicted octanol–water partition coefficient (Wildman–Crippen LogP) is 1.96. The number of likely N-dealkylation sites (tertiary alicyclic amines) is 1. The Hall–Kier alpha value is -1.34. The van der Waals surface area contributed by atoms with Crippen molar-refractivity contribution in [2.45, 2.75) is 58.6 Å². The second kappa shape index (κ2) is 8.57. The van der Waals surface area contributed by atoms with Gasteiger partial charge in [-0.1, -0.05) is 0 Å². The Bertz CT molecular complexity index is 488. The number of carbonyl (C=O) groups excluding carboxylic acids is 2. The molecule has 2 aliphatic heterocycles. The number of hydrogen-bond donors (Lipinski definition) is 0. The number of ether oxygens (including phenoxy) is 2. The lowest BCUT2D eigenvalue weighted by molar-refractivity contribution is -0.145. The summed E-state index contributed by atoms with van der Waals surface area (Å²) in [5.74, 6) is -0.137. The molecular weight excluding hydrogens is 334 g/mol. The molecule has 26 heavy (non-hydrogen) atoms. The van der Waals surface area contributed by atoms with Gasteiger partial charge in [0.05, 0.1) is 13.2 Å². The Labute approximate surface area is 157 Å². The molecular formula is C19H35N3O4. The maximum Gasteiger partial charge on any atom is 0.410 e. The van der Waals surface area contributed by atoms with Crippen LogP contribution in [0.15, 0.2) is 0 Å². The minimum Gasteiger partial charge on any atom is -0.465 e. The van der Waals surface area contributed by atoms with Crippen molar-refractivity contribution in [1.29, 1.82) is 0 Å². The Morgan fingerprint density at radius 1 is 1.00 bits per heavy atom. The van der Waals surface area contributed by atoms with E-state index in [-0.39, 0.29) is 17.6 Å². The van der Waals surface area contributed by atoms with E-state index in [9.17, 15) is 9.59 Å². The van der Waals surface area contributed by atoms with Crippen molar-refractivity contribution in [3.05, 3.63) is 0 Å². The van der Waals surface area contributed by atoms with Crippen LogP contribution in [-0.2, 0) is 14.3 Å². The SMILES string of the molecule is CCOC(=O)CN1CCC(C)(N2CCN(C(=O)OC(C)(C)C)CC2)CC1. The number of esters is 1. The van der Waals surface area contributed by atoms with Gasteiger partial charge in [0.2, 0.25) is 0 Å². The molecule has 0 aromatic heterocycles. The van der Waals surface area contributed by atoms with Crippen molar-refractivity contribution in [3.63, 3.8) is 0 Å². The number of rotatable bonds is 4. The molecule has 2 saturated heterocycles. The van der Waals surface area contributed by atoms with Gasteiger partial charge in [0.15, 0.2) is 0 Å². The van der Waals surface area contributed by atoms with Gasteiger partial charge in [0, 0.05) is 44.8 Å². The zero-order valence-electron chi connectivity index (χ0n) is 17.0. The molecule has 0 atom stereocenters. The Balaban J connectivity index is 1.79. The molecule has 7 nitrogen and oxygen atoms in total. The minimum atomic E-state index is -0.452. The van der Waals surface area contributed by atoms with E-state index in [4.69, 9.17) is 9.47 Å². The number of nitrogens with zero attached hydrogens (tertiary/aromatic N) is 3. The summed E-state index contributed by atoms with van der Waals surface area (Å²) in [6, 6.07) is 0. The summed E-state index contributed by atoms with van der Waals surface area (Å²) in [7, 11) is 0. The molecule has 0 saturated carbocycles. The van der Waals surface area contributed by atoms with Crippen LogP contribution in [0.2, 0.25) is 0 Å². The van der Waals surface area contributed by atoms with E-state index < -0.39 is 5.60 Å². The lowest BCUT2D eigenvalue weighted by Gasteiger charge is -2.49. The average Bonchev–Trinajstić information content (AvgIpc) is 2.56. The molecule has 0 bridgehead atoms. The van der Waals surface area contributed by atoms with Gasteiger partial charge < -0.3 is 14.4 Å². The van der Waals surface area contributed by atoms with Gasteiger partial charge >= 0.3 is 12.1 Å². The van der Waals surface area contributed by atoms with Gasteiger partial charge in [-0.2, -0.15) is 0 Å². The zero-order chi connectivity index (χ0) is 19.4. The zero-order valence-corrected chi connectivity index (χ0v) is 17.0. The van der Waals surface area contributed by atoms with Gasteiger partial charge in [0.1, 0.15) is 5.60 Å². The third-order valence-electron chi connectivity index (χ3n) is 5.29. The van der Waals surface area contributed by atoms with Crippen molar-refractivity contribution < 1.29 is 19.1 Å². The normalized spacial score (nSPS) is 22.1. The van der Waals surface area contributed by atoms with Crippen LogP contribution in [0.1, 0.15) is 47.5 Å². The van der Waals surface area contributed by atoms with Crippen molar-refractivity contribution in [2.75, 3.05) is 52.4 Å². The molecule has 1 amide bonds. The van der Waals surface area contributed by atoms with Crippen LogP contribution in [0.5, 0.6) is 0 Å². The monoisotopic (exact) mass is 369 g/mol. The van der Waals surface area contributed by atoms with Gasteiger partial charge in [-0.25, -0.2) is 4.79 Å². The quantitative estimate of drug-likeness (QED) is 0.706. The fraction of sp³-hybridized carbons (Fsp3) is 0.895. The van der Waals surface area contributed by atoms with E-state index in [0.717, 1.165) is 39.0 Å². The molecule has 0 N–H and O–H groups in total. The van der Waals surface area contributed by atoms with Crippen molar-refractivity contribution >= 4 is 12.1 Å². The first-order valence-electron chi connectivity index (χ1n) is 9.74. The Morgan fingerprint density at radius 2 is 1.58 bits per heavy atom. The molecule has 7 heteroatoms. The second-order valence-corrected chi connectivity index (χ2v) is 8.53. The van der Waals surface area contributed by atoms with E-state index in [2.05, 4.69) is 16.7 Å². The number of hydrogen-bond acceptors (Lipinski definition) is 6. The fourth-order valence-corrected chi connectivity index (χ4v) is 3.65. The molecule has 0 aromatic rings. The van der Waals surface area contributed by atoms with E-state index in [1.807, 2.05) is 27.7 Å². The van der Waals surface area contributed by atoms with Crippen LogP contribution in [0, 0.1) is 0 Å². The standard InChI is InChI=1S/C19H35N3O4/c1-6-25-16(23)15-20-9-7-19(5,8-10-20)22-13-11-21(12-14-22)17(24)26-18(2,3)4/h6-15H2,1-5H3. The molecule has 0 aromatic carbocycles. The van der Waals surface area contributed by atoms with Crippen LogP contribution in [0.3, 0.4) is 0 Å². The van der Waals surface area contributed by atoms with E-state index in [1.165, 1.54) is 0 Å². The third kappa shape index (κ3) is 5.84. The van der Waals surface area contributed by atoms with E-state index in [0.29, 0.717) is 26.2 Å². The largest absolute Gasteiger partial charge is 0.465 e. The minimum absolute atomic E-state index is 0.130. The number of carbonyl (C=O) groups is 2. The van der Waals surface area contributed by atoms with Gasteiger partial charge in [-0.15, -0.1) is 0 Å². The van der Waals surface area contributed by atoms with Crippen LogP contribution in [0.25, 0.3) is 0 Å². The second-order valence-electron chi connectivity index (χ2n) is 8.53. The molecule has 2 rings (SSSR count). The average molecular weight is 370 g/mol. The first-order chi connectivity index (χ1) is 12.1. The highest BCUT2D eigenvalue weighted by atomic mass is 16.6. The van der Waals surface area contributed by atoms with Crippen molar-refractivity contribution in [1.82, 2.24) is 14.7 Å². The van der Waals surface area contributed by atoms with Crippen molar-refractivity contribution in [3.8, 4) is 0 Å². The first-order valence-corrected chi connectivity index (χ1v) is 9.74. The Morgan fingerprint density at radius 3 is 2.08 bits per heavy atom. The molecule has 2 heterocycles. The van der Waals surface area contributed by atoms with E-state index in [1.54, 1.807) is 4.90 Å². The van der Waals surface area contributed by atoms with Gasteiger partial charge in [-0.05, 0) is 47.5 Å². The molecule has 0 spiro atoms. The topological polar surface area (TPSA) is 62.3 Å².